The van der Waals surface area contributed by atoms with E-state index in [0.717, 1.165) is 0 Å². The quantitative estimate of drug-likeness (QED) is 0.571. The molecular formula is C7H4N4. The number of anilines is 1. The minimum Gasteiger partial charge on any atom is -0.396 e. The fourth-order valence-corrected chi connectivity index (χ4v) is 0.622. The predicted molar refractivity (Wildman–Crippen MR) is 38.1 cm³/mol. The van der Waals surface area contributed by atoms with Crippen LogP contribution >= 0.6 is 0 Å². The van der Waals surface area contributed by atoms with E-state index in [2.05, 4.69) is 4.98 Å². The minimum atomic E-state index is 0.101. The number of hydrogen-bond acceptors (Lipinski definition) is 4. The number of aromatic nitrogens is 1. The lowest BCUT2D eigenvalue weighted by molar-refractivity contribution is 1.22. The number of nitrogens with two attached hydrogens (primary N) is 1. The highest BCUT2D eigenvalue weighted by atomic mass is 14.8. The summed E-state index contributed by atoms with van der Waals surface area (Å²) < 4.78 is 0. The Hall–Kier alpha value is -2.07. The molecular weight excluding hydrogens is 140 g/mol. The zero-order valence-corrected chi connectivity index (χ0v) is 5.57. The number of nitrogen functional groups attached to an aromatic ring is 1. The zero-order chi connectivity index (χ0) is 8.27. The summed E-state index contributed by atoms with van der Waals surface area (Å²) in [7, 11) is 0. The average Bonchev–Trinajstić information content (AvgIpc) is 2.05. The lowest BCUT2D eigenvalue weighted by atomic mass is 10.3. The maximum atomic E-state index is 8.44. The largest absolute Gasteiger partial charge is 0.396 e. The number of rotatable bonds is 0. The van der Waals surface area contributed by atoms with E-state index in [9.17, 15) is 0 Å². The normalized spacial score (nSPS) is 8.18. The second-order valence-electron chi connectivity index (χ2n) is 1.86. The smallest absolute Gasteiger partial charge is 0.164 e. The van der Waals surface area contributed by atoms with Crippen molar-refractivity contribution in [3.8, 4) is 12.1 Å². The van der Waals surface area contributed by atoms with Crippen LogP contribution in [0.25, 0.3) is 0 Å². The summed E-state index contributed by atoms with van der Waals surface area (Å²) in [5, 5.41) is 16.8. The number of nitrogens with zero attached hydrogens (tertiary/aromatic N) is 3. The van der Waals surface area contributed by atoms with E-state index in [0.29, 0.717) is 5.69 Å². The highest BCUT2D eigenvalue weighted by molar-refractivity contribution is 5.51. The van der Waals surface area contributed by atoms with Crippen molar-refractivity contribution >= 4 is 5.69 Å². The highest BCUT2D eigenvalue weighted by Gasteiger charge is 1.99. The van der Waals surface area contributed by atoms with Crippen LogP contribution in [-0.2, 0) is 0 Å². The van der Waals surface area contributed by atoms with E-state index in [-0.39, 0.29) is 11.4 Å². The van der Waals surface area contributed by atoms with Crippen molar-refractivity contribution < 1.29 is 0 Å². The molecule has 0 bridgehead atoms. The molecule has 1 rings (SSSR count). The Bertz CT molecular complexity index is 356. The Morgan fingerprint density at radius 3 is 2.55 bits per heavy atom. The lowest BCUT2D eigenvalue weighted by Gasteiger charge is -1.93. The Labute approximate surface area is 63.5 Å². The van der Waals surface area contributed by atoms with Gasteiger partial charge < -0.3 is 5.73 Å². The molecule has 4 heteroatoms. The summed E-state index contributed by atoms with van der Waals surface area (Å²) in [6.45, 7) is 0. The molecule has 0 saturated heterocycles. The van der Waals surface area contributed by atoms with Crippen LogP contribution in [0.4, 0.5) is 5.69 Å². The van der Waals surface area contributed by atoms with Gasteiger partial charge in [0.15, 0.2) is 5.69 Å². The van der Waals surface area contributed by atoms with Crippen LogP contribution in [-0.4, -0.2) is 4.98 Å². The van der Waals surface area contributed by atoms with Crippen LogP contribution in [0.5, 0.6) is 0 Å². The first-order valence-corrected chi connectivity index (χ1v) is 2.84. The monoisotopic (exact) mass is 144 g/mol. The molecule has 52 valence electrons. The molecule has 11 heavy (non-hydrogen) atoms. The average molecular weight is 144 g/mol. The molecule has 0 atom stereocenters. The fourth-order valence-electron chi connectivity index (χ4n) is 0.622. The van der Waals surface area contributed by atoms with Gasteiger partial charge in [-0.05, 0) is 12.1 Å². The summed E-state index contributed by atoms with van der Waals surface area (Å²) >= 11 is 0. The van der Waals surface area contributed by atoms with Gasteiger partial charge in [0, 0.05) is 0 Å². The van der Waals surface area contributed by atoms with Gasteiger partial charge in [0.05, 0.1) is 5.69 Å². The van der Waals surface area contributed by atoms with Gasteiger partial charge in [-0.1, -0.05) is 0 Å². The third kappa shape index (κ3) is 1.25. The van der Waals surface area contributed by atoms with Gasteiger partial charge in [-0.2, -0.15) is 10.5 Å². The lowest BCUT2D eigenvalue weighted by Crippen LogP contribution is -1.94. The van der Waals surface area contributed by atoms with Crippen molar-refractivity contribution in [2.45, 2.75) is 0 Å². The first kappa shape index (κ1) is 7.04. The third-order valence-corrected chi connectivity index (χ3v) is 1.15. The van der Waals surface area contributed by atoms with E-state index in [1.54, 1.807) is 6.07 Å². The van der Waals surface area contributed by atoms with E-state index in [4.69, 9.17) is 16.3 Å². The molecule has 0 aliphatic carbocycles. The van der Waals surface area contributed by atoms with E-state index < -0.39 is 0 Å². The molecule has 0 saturated carbocycles. The van der Waals surface area contributed by atoms with Crippen LogP contribution < -0.4 is 5.73 Å². The minimum absolute atomic E-state index is 0.101. The van der Waals surface area contributed by atoms with Gasteiger partial charge in [0.25, 0.3) is 0 Å². The van der Waals surface area contributed by atoms with Crippen LogP contribution in [0, 0.1) is 22.7 Å². The van der Waals surface area contributed by atoms with Crippen LogP contribution in [0.2, 0.25) is 0 Å². The molecule has 4 nitrogen and oxygen atoms in total. The Morgan fingerprint density at radius 2 is 2.00 bits per heavy atom. The van der Waals surface area contributed by atoms with Crippen molar-refractivity contribution in [1.82, 2.24) is 4.98 Å². The number of pyridine rings is 1. The van der Waals surface area contributed by atoms with Crippen LogP contribution in [0.15, 0.2) is 12.1 Å². The number of nitriles is 2. The fraction of sp³-hybridized carbons (Fsp3) is 0. The third-order valence-electron chi connectivity index (χ3n) is 1.15. The second kappa shape index (κ2) is 2.68. The topological polar surface area (TPSA) is 86.5 Å². The Kier molecular flexibility index (Phi) is 1.71. The van der Waals surface area contributed by atoms with Gasteiger partial charge in [-0.15, -0.1) is 0 Å². The molecule has 1 heterocycles. The molecule has 0 aromatic carbocycles. The molecule has 1 aromatic rings. The number of hydrogen-bond donors (Lipinski definition) is 1. The summed E-state index contributed by atoms with van der Waals surface area (Å²) in [5.41, 5.74) is 5.96. The molecule has 0 spiro atoms. The van der Waals surface area contributed by atoms with E-state index >= 15 is 0 Å². The van der Waals surface area contributed by atoms with Crippen molar-refractivity contribution in [3.63, 3.8) is 0 Å². The maximum Gasteiger partial charge on any atom is 0.164 e. The molecule has 2 N–H and O–H groups in total. The first-order chi connectivity index (χ1) is 5.27. The van der Waals surface area contributed by atoms with E-state index in [1.807, 2.05) is 6.07 Å². The van der Waals surface area contributed by atoms with Gasteiger partial charge in [-0.25, -0.2) is 4.98 Å². The Morgan fingerprint density at radius 1 is 1.27 bits per heavy atom. The van der Waals surface area contributed by atoms with Crippen LogP contribution in [0.3, 0.4) is 0 Å². The van der Waals surface area contributed by atoms with Crippen molar-refractivity contribution in [3.05, 3.63) is 23.5 Å². The summed E-state index contributed by atoms with van der Waals surface area (Å²) in [5.74, 6) is 0. The zero-order valence-electron chi connectivity index (χ0n) is 5.57. The summed E-state index contributed by atoms with van der Waals surface area (Å²) in [4.78, 5) is 3.66. The van der Waals surface area contributed by atoms with Crippen molar-refractivity contribution in [1.29, 1.82) is 10.5 Å². The summed E-state index contributed by atoms with van der Waals surface area (Å²) in [6.07, 6.45) is 0. The Balaban J connectivity index is 3.29. The van der Waals surface area contributed by atoms with Crippen molar-refractivity contribution in [2.75, 3.05) is 5.73 Å². The van der Waals surface area contributed by atoms with Crippen LogP contribution in [0.1, 0.15) is 11.4 Å². The highest BCUT2D eigenvalue weighted by Crippen LogP contribution is 2.06. The second-order valence-corrected chi connectivity index (χ2v) is 1.86. The molecule has 0 amide bonds. The van der Waals surface area contributed by atoms with E-state index in [1.165, 1.54) is 12.1 Å². The maximum absolute atomic E-state index is 8.44. The summed E-state index contributed by atoms with van der Waals surface area (Å²) in [6, 6.07) is 6.55. The molecule has 0 radical (unpaired) electrons. The standard InChI is InChI=1S/C7H4N4/c8-3-5-1-2-6(10)7(4-9)11-5/h1-2H,10H2. The molecule has 0 fully saturated rings. The van der Waals surface area contributed by atoms with Gasteiger partial charge in [-0.3, -0.25) is 0 Å². The molecule has 0 unspecified atom stereocenters. The van der Waals surface area contributed by atoms with Gasteiger partial charge in [0.1, 0.15) is 17.8 Å². The first-order valence-electron chi connectivity index (χ1n) is 2.84. The van der Waals surface area contributed by atoms with Gasteiger partial charge in [0.2, 0.25) is 0 Å². The van der Waals surface area contributed by atoms with Crippen molar-refractivity contribution in [2.24, 2.45) is 0 Å². The molecule has 1 aromatic heterocycles. The van der Waals surface area contributed by atoms with Gasteiger partial charge >= 0.3 is 0 Å². The molecule has 0 aliphatic rings. The SMILES string of the molecule is N#Cc1ccc(N)c(C#N)n1. The predicted octanol–water partition coefficient (Wildman–Crippen LogP) is 0.407. The molecule has 0 aliphatic heterocycles.